The molecular formula is C45H69NO3. The third kappa shape index (κ3) is 14.2. The number of unbranched alkanes of at least 4 members (excludes halogenated alkanes) is 2. The van der Waals surface area contributed by atoms with E-state index in [-0.39, 0.29) is 23.5 Å². The highest BCUT2D eigenvalue weighted by atomic mass is 16.5. The van der Waals surface area contributed by atoms with Gasteiger partial charge in [0.1, 0.15) is 11.5 Å². The van der Waals surface area contributed by atoms with E-state index in [1.807, 2.05) is 53.7 Å². The van der Waals surface area contributed by atoms with Gasteiger partial charge in [0.25, 0.3) is 0 Å². The van der Waals surface area contributed by atoms with E-state index in [1.165, 1.54) is 27.8 Å². The van der Waals surface area contributed by atoms with Gasteiger partial charge in [0.15, 0.2) is 0 Å². The first kappa shape index (κ1) is 43.6. The number of nitrogens with zero attached hydrogens (tertiary/aromatic N) is 1. The molecular weight excluding hydrogens is 602 g/mol. The largest absolute Gasteiger partial charge is 0.493 e. The molecule has 0 aromatic heterocycles. The first-order valence-electron chi connectivity index (χ1n) is 19.4. The Morgan fingerprint density at radius 3 is 2.16 bits per heavy atom. The maximum absolute atomic E-state index is 13.7. The van der Waals surface area contributed by atoms with Crippen LogP contribution in [0.25, 0.3) is 12.2 Å². The van der Waals surface area contributed by atoms with Gasteiger partial charge in [-0.3, -0.25) is 9.59 Å². The van der Waals surface area contributed by atoms with Gasteiger partial charge >= 0.3 is 0 Å². The van der Waals surface area contributed by atoms with Crippen LogP contribution in [0.15, 0.2) is 55.6 Å². The van der Waals surface area contributed by atoms with E-state index in [0.29, 0.717) is 12.6 Å². The third-order valence-corrected chi connectivity index (χ3v) is 9.33. The first-order valence-corrected chi connectivity index (χ1v) is 19.4. The molecule has 0 bridgehead atoms. The van der Waals surface area contributed by atoms with Crippen molar-refractivity contribution in [2.24, 2.45) is 11.8 Å². The van der Waals surface area contributed by atoms with Gasteiger partial charge in [-0.1, -0.05) is 103 Å². The Morgan fingerprint density at radius 2 is 1.57 bits per heavy atom. The van der Waals surface area contributed by atoms with Crippen molar-refractivity contribution >= 4 is 23.8 Å². The number of fused-ring (bicyclic) bond motifs is 1. The highest BCUT2D eigenvalue weighted by molar-refractivity contribution is 5.82. The van der Waals surface area contributed by atoms with Crippen LogP contribution < -0.4 is 4.74 Å². The summed E-state index contributed by atoms with van der Waals surface area (Å²) in [5.41, 5.74) is 7.57. The molecule has 2 aromatic rings. The van der Waals surface area contributed by atoms with Crippen molar-refractivity contribution in [3.63, 3.8) is 0 Å². The summed E-state index contributed by atoms with van der Waals surface area (Å²) in [7, 11) is 0. The number of allylic oxidation sites excluding steroid dienone is 2. The molecule has 1 heterocycles. The zero-order valence-corrected chi connectivity index (χ0v) is 32.7. The lowest BCUT2D eigenvalue weighted by molar-refractivity contribution is -0.137. The molecule has 0 N–H and O–H groups in total. The molecule has 2 saturated carbocycles. The monoisotopic (exact) mass is 672 g/mol. The van der Waals surface area contributed by atoms with Crippen LogP contribution in [0.2, 0.25) is 0 Å². The molecule has 2 fully saturated rings. The van der Waals surface area contributed by atoms with E-state index < -0.39 is 0 Å². The quantitative estimate of drug-likeness (QED) is 0.136. The van der Waals surface area contributed by atoms with E-state index in [0.717, 1.165) is 88.5 Å². The average Bonchev–Trinajstić information content (AvgIpc) is 3.92. The van der Waals surface area contributed by atoms with E-state index in [2.05, 4.69) is 74.4 Å². The second-order valence-corrected chi connectivity index (χ2v) is 12.6. The number of amides is 1. The normalized spacial score (nSPS) is 17.4. The van der Waals surface area contributed by atoms with Crippen molar-refractivity contribution in [1.82, 2.24) is 4.90 Å². The van der Waals surface area contributed by atoms with E-state index >= 15 is 0 Å². The summed E-state index contributed by atoms with van der Waals surface area (Å²) in [4.78, 5) is 27.8. The fraction of sp³-hybridized carbons (Fsp3) is 0.556. The molecule has 49 heavy (non-hydrogen) atoms. The Hall–Kier alpha value is -3.40. The van der Waals surface area contributed by atoms with Crippen LogP contribution in [-0.4, -0.2) is 29.2 Å². The standard InChI is InChI=1S/C29H39NO3.C10H12.3C2H6/c1-3-4-5-6-7-11-24-17-22(18-28-27(24)15-16-33-28)20-30(26-13-14-26)29(32)25-12-9-8-10-23(19-25)21(2)31;1-4-10-7-5-6-8(2)9(10)3;3*1-2/h3,7,11,17-18,23,25-26H,1,4-6,8-10,12-16,19-20H2,2H3;4-7H,1H2,2-3H3;3*1-2H3/b11-7-;;;;/t23-,25+;;;;/m1..../s1. The van der Waals surface area contributed by atoms with Crippen LogP contribution in [0.5, 0.6) is 5.75 Å². The number of rotatable bonds is 11. The van der Waals surface area contributed by atoms with E-state index in [4.69, 9.17) is 4.74 Å². The topological polar surface area (TPSA) is 46.6 Å². The zero-order valence-electron chi connectivity index (χ0n) is 32.7. The molecule has 0 unspecified atom stereocenters. The molecule has 4 nitrogen and oxygen atoms in total. The van der Waals surface area contributed by atoms with Gasteiger partial charge in [-0.05, 0) is 112 Å². The molecule has 0 saturated heterocycles. The van der Waals surface area contributed by atoms with Gasteiger partial charge in [-0.15, -0.1) is 6.58 Å². The number of carbonyl (C=O) groups is 2. The Bertz CT molecular complexity index is 1320. The molecule has 1 aliphatic heterocycles. The Morgan fingerprint density at radius 1 is 0.898 bits per heavy atom. The highest BCUT2D eigenvalue weighted by Gasteiger charge is 2.37. The SMILES string of the molecule is C=CCCC/C=C\c1cc(CN(C(=O)[C@H]2CCCC[C@@H](C(C)=O)C2)C2CC2)cc2c1CCO2.C=Cc1cccc(C)c1C.CC.CC.CC. The van der Waals surface area contributed by atoms with Crippen molar-refractivity contribution in [2.75, 3.05) is 6.61 Å². The van der Waals surface area contributed by atoms with Crippen LogP contribution in [0.3, 0.4) is 0 Å². The number of ketones is 1. The van der Waals surface area contributed by atoms with Crippen LogP contribution in [-0.2, 0) is 22.6 Å². The average molecular weight is 672 g/mol. The third-order valence-electron chi connectivity index (χ3n) is 9.33. The lowest BCUT2D eigenvalue weighted by Crippen LogP contribution is -2.38. The lowest BCUT2D eigenvalue weighted by atomic mass is 9.89. The van der Waals surface area contributed by atoms with Crippen molar-refractivity contribution in [1.29, 1.82) is 0 Å². The molecule has 4 heteroatoms. The van der Waals surface area contributed by atoms with Crippen LogP contribution in [0.4, 0.5) is 0 Å². The number of benzene rings is 2. The Kier molecular flexibility index (Phi) is 22.0. The summed E-state index contributed by atoms with van der Waals surface area (Å²) in [6.07, 6.45) is 19.3. The molecule has 2 atom stereocenters. The molecule has 2 aliphatic carbocycles. The van der Waals surface area contributed by atoms with Gasteiger partial charge in [0.05, 0.1) is 6.61 Å². The molecule has 5 rings (SSSR count). The molecule has 0 radical (unpaired) electrons. The molecule has 272 valence electrons. The second-order valence-electron chi connectivity index (χ2n) is 12.6. The summed E-state index contributed by atoms with van der Waals surface area (Å²) >= 11 is 0. The maximum atomic E-state index is 13.7. The van der Waals surface area contributed by atoms with Crippen LogP contribution in [0.1, 0.15) is 146 Å². The van der Waals surface area contributed by atoms with E-state index in [1.54, 1.807) is 6.92 Å². The predicted octanol–water partition coefficient (Wildman–Crippen LogP) is 12.3. The van der Waals surface area contributed by atoms with Gasteiger partial charge < -0.3 is 9.64 Å². The van der Waals surface area contributed by atoms with E-state index in [9.17, 15) is 9.59 Å². The summed E-state index contributed by atoms with van der Waals surface area (Å²) in [6, 6.07) is 11.0. The van der Waals surface area contributed by atoms with Gasteiger partial charge in [-0.2, -0.15) is 0 Å². The highest BCUT2D eigenvalue weighted by Crippen LogP contribution is 2.37. The fourth-order valence-corrected chi connectivity index (χ4v) is 6.37. The molecule has 1 amide bonds. The lowest BCUT2D eigenvalue weighted by Gasteiger charge is -2.28. The summed E-state index contributed by atoms with van der Waals surface area (Å²) in [6.45, 7) is 26.8. The van der Waals surface area contributed by atoms with Crippen molar-refractivity contribution in [2.45, 2.75) is 146 Å². The molecule has 0 spiro atoms. The van der Waals surface area contributed by atoms with Crippen molar-refractivity contribution in [3.05, 3.63) is 89.0 Å². The zero-order chi connectivity index (χ0) is 36.8. The number of hydrogen-bond donors (Lipinski definition) is 0. The summed E-state index contributed by atoms with van der Waals surface area (Å²) < 4.78 is 5.93. The maximum Gasteiger partial charge on any atom is 0.226 e. The minimum atomic E-state index is -0.0168. The number of ether oxygens (including phenoxy) is 1. The minimum absolute atomic E-state index is 0.0168. The van der Waals surface area contributed by atoms with Gasteiger partial charge in [0, 0.05) is 36.4 Å². The summed E-state index contributed by atoms with van der Waals surface area (Å²) in [5, 5.41) is 0. The van der Waals surface area contributed by atoms with Crippen molar-refractivity contribution < 1.29 is 14.3 Å². The molecule has 3 aliphatic rings. The Labute approximate surface area is 301 Å². The molecule has 2 aromatic carbocycles. The number of hydrogen-bond acceptors (Lipinski definition) is 3. The predicted molar refractivity (Wildman–Crippen MR) is 213 cm³/mol. The summed E-state index contributed by atoms with van der Waals surface area (Å²) in [5.74, 6) is 1.51. The number of carbonyl (C=O) groups excluding carboxylic acids is 2. The van der Waals surface area contributed by atoms with Gasteiger partial charge in [0.2, 0.25) is 5.91 Å². The fourth-order valence-electron chi connectivity index (χ4n) is 6.37. The number of Topliss-reactive ketones (excluding diaryl/α,β-unsaturated/α-hetero) is 1. The van der Waals surface area contributed by atoms with Crippen LogP contribution >= 0.6 is 0 Å². The van der Waals surface area contributed by atoms with Gasteiger partial charge in [-0.25, -0.2) is 0 Å². The smallest absolute Gasteiger partial charge is 0.226 e. The minimum Gasteiger partial charge on any atom is -0.493 e. The first-order chi connectivity index (χ1) is 23.8. The number of aryl methyl sites for hydroxylation is 1. The van der Waals surface area contributed by atoms with Crippen molar-refractivity contribution in [3.8, 4) is 5.75 Å². The Balaban J connectivity index is 0.000000630. The second kappa shape index (κ2) is 24.7. The van der Waals surface area contributed by atoms with Crippen LogP contribution in [0, 0.1) is 25.7 Å².